The van der Waals surface area contributed by atoms with Crippen LogP contribution in [0.25, 0.3) is 0 Å². The first-order valence-electron chi connectivity index (χ1n) is 5.21. The second-order valence-corrected chi connectivity index (χ2v) is 5.78. The molecule has 0 bridgehead atoms. The van der Waals surface area contributed by atoms with Gasteiger partial charge in [-0.2, -0.15) is 0 Å². The van der Waals surface area contributed by atoms with Crippen molar-refractivity contribution in [3.8, 4) is 0 Å². The lowest BCUT2D eigenvalue weighted by Crippen LogP contribution is -1.99. The van der Waals surface area contributed by atoms with Gasteiger partial charge < -0.3 is 0 Å². The van der Waals surface area contributed by atoms with E-state index in [1.54, 1.807) is 0 Å². The lowest BCUT2D eigenvalue weighted by atomic mass is 10.1. The second kappa shape index (κ2) is 6.78. The molecule has 15 heavy (non-hydrogen) atoms. The van der Waals surface area contributed by atoms with Gasteiger partial charge in [-0.05, 0) is 37.0 Å². The third-order valence-electron chi connectivity index (χ3n) is 2.33. The quantitative estimate of drug-likeness (QED) is 0.631. The zero-order valence-corrected chi connectivity index (χ0v) is 11.9. The first-order chi connectivity index (χ1) is 7.13. The standard InChI is InChI=1S/C12H15BrCl2/c1-2-3-10(13)6-4-9-5-7-11(14)12(15)8-9/h5,7-8,10H,2-4,6H2,1H3. The Balaban J connectivity index is 2.47. The Morgan fingerprint density at radius 2 is 1.93 bits per heavy atom. The molecular formula is C12H15BrCl2. The van der Waals surface area contributed by atoms with Gasteiger partial charge in [0.25, 0.3) is 0 Å². The highest BCUT2D eigenvalue weighted by Crippen LogP contribution is 2.24. The SMILES string of the molecule is CCCC(Br)CCc1ccc(Cl)c(Cl)c1. The van der Waals surface area contributed by atoms with E-state index in [-0.39, 0.29) is 0 Å². The minimum Gasteiger partial charge on any atom is -0.0891 e. The van der Waals surface area contributed by atoms with Crippen molar-refractivity contribution < 1.29 is 0 Å². The van der Waals surface area contributed by atoms with E-state index in [1.807, 2.05) is 18.2 Å². The molecule has 0 fully saturated rings. The molecule has 1 rings (SSSR count). The van der Waals surface area contributed by atoms with Crippen LogP contribution >= 0.6 is 39.1 Å². The predicted octanol–water partition coefficient (Wildman–Crippen LogP) is 5.49. The van der Waals surface area contributed by atoms with Gasteiger partial charge in [0.2, 0.25) is 0 Å². The zero-order valence-electron chi connectivity index (χ0n) is 8.77. The Labute approximate surface area is 110 Å². The zero-order chi connectivity index (χ0) is 11.3. The molecule has 0 nitrogen and oxygen atoms in total. The largest absolute Gasteiger partial charge is 0.0891 e. The molecular weight excluding hydrogens is 295 g/mol. The molecule has 1 unspecified atom stereocenters. The third-order valence-corrected chi connectivity index (χ3v) is 3.99. The fourth-order valence-corrected chi connectivity index (χ4v) is 2.48. The van der Waals surface area contributed by atoms with Crippen molar-refractivity contribution in [2.45, 2.75) is 37.4 Å². The third kappa shape index (κ3) is 4.76. The Morgan fingerprint density at radius 3 is 2.53 bits per heavy atom. The van der Waals surface area contributed by atoms with E-state index in [4.69, 9.17) is 23.2 Å². The summed E-state index contributed by atoms with van der Waals surface area (Å²) < 4.78 is 0. The average molecular weight is 310 g/mol. The molecule has 0 saturated heterocycles. The van der Waals surface area contributed by atoms with Gasteiger partial charge in [-0.25, -0.2) is 0 Å². The van der Waals surface area contributed by atoms with Crippen molar-refractivity contribution in [3.05, 3.63) is 33.8 Å². The molecule has 1 atom stereocenters. The van der Waals surface area contributed by atoms with E-state index in [1.165, 1.54) is 18.4 Å². The van der Waals surface area contributed by atoms with E-state index in [9.17, 15) is 0 Å². The maximum absolute atomic E-state index is 5.95. The normalized spacial score (nSPS) is 12.8. The van der Waals surface area contributed by atoms with Crippen LogP contribution in [0.2, 0.25) is 10.0 Å². The van der Waals surface area contributed by atoms with E-state index in [0.29, 0.717) is 14.9 Å². The molecule has 0 saturated carbocycles. The predicted molar refractivity (Wildman–Crippen MR) is 72.4 cm³/mol. The molecule has 0 aliphatic heterocycles. The average Bonchev–Trinajstić information content (AvgIpc) is 2.20. The van der Waals surface area contributed by atoms with Gasteiger partial charge in [-0.3, -0.25) is 0 Å². The minimum atomic E-state index is 0.608. The van der Waals surface area contributed by atoms with Gasteiger partial charge in [0.05, 0.1) is 10.0 Å². The Hall–Kier alpha value is 0.280. The van der Waals surface area contributed by atoms with Gasteiger partial charge in [0, 0.05) is 4.83 Å². The molecule has 0 spiro atoms. The first kappa shape index (κ1) is 13.3. The fourth-order valence-electron chi connectivity index (χ4n) is 1.48. The molecule has 0 heterocycles. The number of alkyl halides is 1. The minimum absolute atomic E-state index is 0.608. The van der Waals surface area contributed by atoms with Crippen LogP contribution in [-0.2, 0) is 6.42 Å². The molecule has 0 aromatic heterocycles. The van der Waals surface area contributed by atoms with Crippen molar-refractivity contribution in [3.63, 3.8) is 0 Å². The molecule has 0 N–H and O–H groups in total. The molecule has 0 radical (unpaired) electrons. The lowest BCUT2D eigenvalue weighted by Gasteiger charge is -2.08. The highest BCUT2D eigenvalue weighted by molar-refractivity contribution is 9.09. The number of benzene rings is 1. The summed E-state index contributed by atoms with van der Waals surface area (Å²) in [6, 6.07) is 5.86. The summed E-state index contributed by atoms with van der Waals surface area (Å²) in [5.74, 6) is 0. The van der Waals surface area contributed by atoms with Gasteiger partial charge in [0.15, 0.2) is 0 Å². The fraction of sp³-hybridized carbons (Fsp3) is 0.500. The van der Waals surface area contributed by atoms with Gasteiger partial charge in [0.1, 0.15) is 0 Å². The number of aryl methyl sites for hydroxylation is 1. The number of hydrogen-bond acceptors (Lipinski definition) is 0. The van der Waals surface area contributed by atoms with Crippen molar-refractivity contribution in [2.24, 2.45) is 0 Å². The molecule has 3 heteroatoms. The second-order valence-electron chi connectivity index (χ2n) is 3.67. The monoisotopic (exact) mass is 308 g/mol. The van der Waals surface area contributed by atoms with Crippen molar-refractivity contribution in [2.75, 3.05) is 0 Å². The molecule has 1 aromatic carbocycles. The van der Waals surface area contributed by atoms with Crippen LogP contribution in [0, 0.1) is 0 Å². The van der Waals surface area contributed by atoms with Crippen LogP contribution < -0.4 is 0 Å². The summed E-state index contributed by atoms with van der Waals surface area (Å²) in [5, 5.41) is 1.28. The van der Waals surface area contributed by atoms with Crippen LogP contribution in [0.5, 0.6) is 0 Å². The van der Waals surface area contributed by atoms with E-state index >= 15 is 0 Å². The van der Waals surface area contributed by atoms with E-state index < -0.39 is 0 Å². The Kier molecular flexibility index (Phi) is 6.03. The molecule has 0 aliphatic rings. The highest BCUT2D eigenvalue weighted by Gasteiger charge is 2.04. The topological polar surface area (TPSA) is 0 Å². The summed E-state index contributed by atoms with van der Waals surface area (Å²) in [6.45, 7) is 2.20. The van der Waals surface area contributed by atoms with Crippen LogP contribution in [-0.4, -0.2) is 4.83 Å². The number of hydrogen-bond donors (Lipinski definition) is 0. The van der Waals surface area contributed by atoms with Crippen LogP contribution in [0.1, 0.15) is 31.7 Å². The summed E-state index contributed by atoms with van der Waals surface area (Å²) in [6.07, 6.45) is 4.64. The summed E-state index contributed by atoms with van der Waals surface area (Å²) in [7, 11) is 0. The lowest BCUT2D eigenvalue weighted by molar-refractivity contribution is 0.693. The number of halogens is 3. The molecule has 1 aromatic rings. The smallest absolute Gasteiger partial charge is 0.0595 e. The summed E-state index contributed by atoms with van der Waals surface area (Å²) in [4.78, 5) is 0.608. The van der Waals surface area contributed by atoms with Crippen LogP contribution in [0.15, 0.2) is 18.2 Å². The van der Waals surface area contributed by atoms with E-state index in [2.05, 4.69) is 22.9 Å². The first-order valence-corrected chi connectivity index (χ1v) is 6.88. The molecule has 0 amide bonds. The van der Waals surface area contributed by atoms with Crippen molar-refractivity contribution in [1.82, 2.24) is 0 Å². The maximum Gasteiger partial charge on any atom is 0.0595 e. The van der Waals surface area contributed by atoms with Crippen molar-refractivity contribution >= 4 is 39.1 Å². The summed E-state index contributed by atoms with van der Waals surface area (Å²) >= 11 is 15.5. The van der Waals surface area contributed by atoms with Crippen molar-refractivity contribution in [1.29, 1.82) is 0 Å². The van der Waals surface area contributed by atoms with Gasteiger partial charge in [-0.15, -0.1) is 0 Å². The molecule has 84 valence electrons. The van der Waals surface area contributed by atoms with Gasteiger partial charge >= 0.3 is 0 Å². The summed E-state index contributed by atoms with van der Waals surface area (Å²) in [5.41, 5.74) is 1.25. The maximum atomic E-state index is 5.95. The molecule has 0 aliphatic carbocycles. The van der Waals surface area contributed by atoms with Crippen LogP contribution in [0.4, 0.5) is 0 Å². The van der Waals surface area contributed by atoms with Gasteiger partial charge in [-0.1, -0.05) is 58.5 Å². The number of rotatable bonds is 5. The Bertz CT molecular complexity index is 312. The highest BCUT2D eigenvalue weighted by atomic mass is 79.9. The Morgan fingerprint density at radius 1 is 1.20 bits per heavy atom. The van der Waals surface area contributed by atoms with E-state index in [0.717, 1.165) is 12.8 Å². The van der Waals surface area contributed by atoms with Crippen LogP contribution in [0.3, 0.4) is 0 Å².